The molecule has 0 unspecified atom stereocenters. The number of ether oxygens (including phenoxy) is 1. The summed E-state index contributed by atoms with van der Waals surface area (Å²) in [5, 5.41) is 14.5. The SMILES string of the molecule is COCCCn1c(SCc2cc(-c3ccccc3)no2)nnc1-c1ccccc1Cl. The molecule has 0 bridgehead atoms. The van der Waals surface area contributed by atoms with Gasteiger partial charge in [0.15, 0.2) is 11.0 Å². The van der Waals surface area contributed by atoms with Crippen molar-refractivity contribution in [2.45, 2.75) is 23.9 Å². The highest BCUT2D eigenvalue weighted by molar-refractivity contribution is 7.98. The fraction of sp³-hybridized carbons (Fsp3) is 0.227. The Morgan fingerprint density at radius 1 is 1.07 bits per heavy atom. The Balaban J connectivity index is 1.54. The molecule has 0 aliphatic carbocycles. The molecule has 0 aliphatic heterocycles. The van der Waals surface area contributed by atoms with Crippen LogP contribution in [0.1, 0.15) is 12.2 Å². The summed E-state index contributed by atoms with van der Waals surface area (Å²) in [6, 6.07) is 19.6. The fourth-order valence-electron chi connectivity index (χ4n) is 3.07. The van der Waals surface area contributed by atoms with E-state index in [-0.39, 0.29) is 0 Å². The third kappa shape index (κ3) is 4.75. The molecule has 2 heterocycles. The van der Waals surface area contributed by atoms with Crippen LogP contribution in [0, 0.1) is 0 Å². The van der Waals surface area contributed by atoms with Crippen molar-refractivity contribution >= 4 is 23.4 Å². The fourth-order valence-corrected chi connectivity index (χ4v) is 4.13. The van der Waals surface area contributed by atoms with Crippen molar-refractivity contribution in [3.05, 3.63) is 71.4 Å². The average molecular weight is 441 g/mol. The van der Waals surface area contributed by atoms with Crippen molar-refractivity contribution in [2.75, 3.05) is 13.7 Å². The first-order chi connectivity index (χ1) is 14.8. The molecule has 0 radical (unpaired) electrons. The van der Waals surface area contributed by atoms with Gasteiger partial charge >= 0.3 is 0 Å². The zero-order valence-corrected chi connectivity index (χ0v) is 18.1. The van der Waals surface area contributed by atoms with Gasteiger partial charge in [-0.2, -0.15) is 0 Å². The Morgan fingerprint density at radius 2 is 1.87 bits per heavy atom. The number of methoxy groups -OCH3 is 1. The molecule has 154 valence electrons. The van der Waals surface area contributed by atoms with Crippen molar-refractivity contribution in [3.63, 3.8) is 0 Å². The molecule has 4 aromatic rings. The lowest BCUT2D eigenvalue weighted by atomic mass is 10.1. The van der Waals surface area contributed by atoms with Gasteiger partial charge in [0.2, 0.25) is 0 Å². The summed E-state index contributed by atoms with van der Waals surface area (Å²) in [6.07, 6.45) is 0.847. The summed E-state index contributed by atoms with van der Waals surface area (Å²) in [5.74, 6) is 2.14. The van der Waals surface area contributed by atoms with Crippen LogP contribution in [0.5, 0.6) is 0 Å². The lowest BCUT2D eigenvalue weighted by Gasteiger charge is -2.10. The molecule has 30 heavy (non-hydrogen) atoms. The predicted molar refractivity (Wildman–Crippen MR) is 118 cm³/mol. The number of benzene rings is 2. The molecule has 4 rings (SSSR count). The van der Waals surface area contributed by atoms with E-state index in [0.29, 0.717) is 17.4 Å². The van der Waals surface area contributed by atoms with Crippen LogP contribution in [0.25, 0.3) is 22.6 Å². The molecule has 0 N–H and O–H groups in total. The van der Waals surface area contributed by atoms with Crippen molar-refractivity contribution < 1.29 is 9.26 Å². The number of hydrogen-bond donors (Lipinski definition) is 0. The third-order valence-electron chi connectivity index (χ3n) is 4.53. The second kappa shape index (κ2) is 9.93. The molecule has 0 saturated carbocycles. The van der Waals surface area contributed by atoms with E-state index in [1.807, 2.05) is 60.7 Å². The summed E-state index contributed by atoms with van der Waals surface area (Å²) >= 11 is 7.96. The van der Waals surface area contributed by atoms with E-state index in [9.17, 15) is 0 Å². The topological polar surface area (TPSA) is 66.0 Å². The highest BCUT2D eigenvalue weighted by atomic mass is 35.5. The van der Waals surface area contributed by atoms with Gasteiger partial charge in [-0.15, -0.1) is 10.2 Å². The summed E-state index contributed by atoms with van der Waals surface area (Å²) < 4.78 is 12.8. The molecule has 0 amide bonds. The van der Waals surface area contributed by atoms with E-state index >= 15 is 0 Å². The van der Waals surface area contributed by atoms with Crippen LogP contribution in [-0.2, 0) is 17.0 Å². The van der Waals surface area contributed by atoms with Crippen LogP contribution >= 0.6 is 23.4 Å². The molecule has 0 spiro atoms. The standard InChI is InChI=1S/C22H21ClN4O2S/c1-28-13-7-12-27-21(18-10-5-6-11-19(18)23)24-25-22(27)30-15-17-14-20(26-29-17)16-8-3-2-4-9-16/h2-6,8-11,14H,7,12-13,15H2,1H3. The summed E-state index contributed by atoms with van der Waals surface area (Å²) in [7, 11) is 1.70. The smallest absolute Gasteiger partial charge is 0.191 e. The summed E-state index contributed by atoms with van der Waals surface area (Å²) in [5.41, 5.74) is 2.72. The number of nitrogens with zero attached hydrogens (tertiary/aromatic N) is 4. The average Bonchev–Trinajstić information content (AvgIpc) is 3.41. The maximum absolute atomic E-state index is 6.40. The monoisotopic (exact) mass is 440 g/mol. The molecule has 6 nitrogen and oxygen atoms in total. The zero-order chi connectivity index (χ0) is 20.8. The van der Waals surface area contributed by atoms with E-state index in [1.165, 1.54) is 0 Å². The van der Waals surface area contributed by atoms with Gasteiger partial charge in [0, 0.05) is 37.5 Å². The van der Waals surface area contributed by atoms with E-state index in [1.54, 1.807) is 18.9 Å². The molecular weight excluding hydrogens is 420 g/mol. The summed E-state index contributed by atoms with van der Waals surface area (Å²) in [4.78, 5) is 0. The van der Waals surface area contributed by atoms with E-state index < -0.39 is 0 Å². The van der Waals surface area contributed by atoms with E-state index in [2.05, 4.69) is 19.9 Å². The lowest BCUT2D eigenvalue weighted by Crippen LogP contribution is -2.05. The Kier molecular flexibility index (Phi) is 6.84. The van der Waals surface area contributed by atoms with Crippen LogP contribution in [0.4, 0.5) is 0 Å². The zero-order valence-electron chi connectivity index (χ0n) is 16.5. The van der Waals surface area contributed by atoms with Crippen LogP contribution in [0.3, 0.4) is 0 Å². The molecule has 8 heteroatoms. The van der Waals surface area contributed by atoms with Gasteiger partial charge in [0.1, 0.15) is 11.5 Å². The number of hydrogen-bond acceptors (Lipinski definition) is 6. The van der Waals surface area contributed by atoms with Crippen LogP contribution in [0.2, 0.25) is 5.02 Å². The number of halogens is 1. The van der Waals surface area contributed by atoms with Crippen LogP contribution < -0.4 is 0 Å². The number of thioether (sulfide) groups is 1. The number of aromatic nitrogens is 4. The molecule has 2 aromatic carbocycles. The highest BCUT2D eigenvalue weighted by Crippen LogP contribution is 2.31. The summed E-state index contributed by atoms with van der Waals surface area (Å²) in [6.45, 7) is 1.39. The highest BCUT2D eigenvalue weighted by Gasteiger charge is 2.17. The molecule has 0 atom stereocenters. The Labute approximate surface area is 184 Å². The van der Waals surface area contributed by atoms with Gasteiger partial charge < -0.3 is 13.8 Å². The van der Waals surface area contributed by atoms with Crippen molar-refractivity contribution in [1.82, 2.24) is 19.9 Å². The minimum Gasteiger partial charge on any atom is -0.385 e. The third-order valence-corrected chi connectivity index (χ3v) is 5.85. The predicted octanol–water partition coefficient (Wildman–Crippen LogP) is 5.58. The minimum absolute atomic E-state index is 0.602. The van der Waals surface area contributed by atoms with E-state index in [4.69, 9.17) is 20.9 Å². The molecule has 0 fully saturated rings. The molecular formula is C22H21ClN4O2S. The van der Waals surface area contributed by atoms with Crippen LogP contribution in [-0.4, -0.2) is 33.6 Å². The Hall–Kier alpha value is -2.61. The second-order valence-corrected chi connectivity index (χ2v) is 7.97. The Bertz CT molecular complexity index is 1100. The van der Waals surface area contributed by atoms with E-state index in [0.717, 1.165) is 46.5 Å². The first kappa shape index (κ1) is 20.7. The molecule has 2 aromatic heterocycles. The first-order valence-electron chi connectivity index (χ1n) is 9.57. The molecule has 0 saturated heterocycles. The maximum atomic E-state index is 6.40. The lowest BCUT2D eigenvalue weighted by molar-refractivity contribution is 0.189. The van der Waals surface area contributed by atoms with Gasteiger partial charge in [-0.3, -0.25) is 0 Å². The van der Waals surface area contributed by atoms with Gasteiger partial charge in [0.05, 0.1) is 10.8 Å². The number of rotatable bonds is 9. The largest absolute Gasteiger partial charge is 0.385 e. The van der Waals surface area contributed by atoms with Gasteiger partial charge in [-0.25, -0.2) is 0 Å². The quantitative estimate of drug-likeness (QED) is 0.250. The van der Waals surface area contributed by atoms with Gasteiger partial charge in [-0.1, -0.05) is 71.0 Å². The van der Waals surface area contributed by atoms with Crippen molar-refractivity contribution in [2.24, 2.45) is 0 Å². The maximum Gasteiger partial charge on any atom is 0.191 e. The van der Waals surface area contributed by atoms with Gasteiger partial charge in [-0.05, 0) is 18.6 Å². The normalized spacial score (nSPS) is 11.1. The molecule has 0 aliphatic rings. The second-order valence-electron chi connectivity index (χ2n) is 6.62. The van der Waals surface area contributed by atoms with Crippen molar-refractivity contribution in [3.8, 4) is 22.6 Å². The first-order valence-corrected chi connectivity index (χ1v) is 10.9. The Morgan fingerprint density at radius 3 is 2.67 bits per heavy atom. The minimum atomic E-state index is 0.602. The van der Waals surface area contributed by atoms with Crippen molar-refractivity contribution in [1.29, 1.82) is 0 Å². The van der Waals surface area contributed by atoms with Crippen LogP contribution in [0.15, 0.2) is 70.3 Å². The van der Waals surface area contributed by atoms with Gasteiger partial charge in [0.25, 0.3) is 0 Å².